The van der Waals surface area contributed by atoms with Crippen LogP contribution in [0.15, 0.2) is 0 Å². The number of carbonyl (C=O) groups is 1. The normalized spacial score (nSPS) is 25.4. The van der Waals surface area contributed by atoms with Crippen LogP contribution in [0.1, 0.15) is 44.9 Å². The quantitative estimate of drug-likeness (QED) is 0.772. The minimum Gasteiger partial charge on any atom is -0.346 e. The van der Waals surface area contributed by atoms with E-state index in [9.17, 15) is 4.79 Å². The predicted octanol–water partition coefficient (Wildman–Crippen LogP) is 1.78. The highest BCUT2D eigenvalue weighted by molar-refractivity contribution is 5.76. The molecule has 16 heavy (non-hydrogen) atoms. The van der Waals surface area contributed by atoms with Gasteiger partial charge >= 0.3 is 0 Å². The summed E-state index contributed by atoms with van der Waals surface area (Å²) in [5, 5.41) is 3.38. The molecule has 0 radical (unpaired) electrons. The molecule has 0 aromatic heterocycles. The van der Waals surface area contributed by atoms with Gasteiger partial charge < -0.3 is 10.2 Å². The van der Waals surface area contributed by atoms with Gasteiger partial charge in [-0.05, 0) is 31.7 Å². The van der Waals surface area contributed by atoms with Gasteiger partial charge in [0.15, 0.2) is 0 Å². The van der Waals surface area contributed by atoms with Crippen molar-refractivity contribution < 1.29 is 4.79 Å². The zero-order valence-corrected chi connectivity index (χ0v) is 10.4. The molecule has 1 atom stereocenters. The molecule has 1 unspecified atom stereocenters. The summed E-state index contributed by atoms with van der Waals surface area (Å²) in [6.07, 6.45) is 8.46. The van der Waals surface area contributed by atoms with E-state index >= 15 is 0 Å². The van der Waals surface area contributed by atoms with E-state index in [2.05, 4.69) is 5.32 Å². The fraction of sp³-hybridized carbons (Fsp3) is 0.923. The third-order valence-electron chi connectivity index (χ3n) is 4.11. The Balaban J connectivity index is 1.62. The molecule has 2 rings (SSSR count). The minimum atomic E-state index is 0.318. The van der Waals surface area contributed by atoms with Crippen LogP contribution in [0.25, 0.3) is 0 Å². The van der Waals surface area contributed by atoms with E-state index in [0.29, 0.717) is 18.4 Å². The summed E-state index contributed by atoms with van der Waals surface area (Å²) in [7, 11) is 1.95. The van der Waals surface area contributed by atoms with Crippen molar-refractivity contribution in [1.82, 2.24) is 10.2 Å². The Labute approximate surface area is 98.6 Å². The first kappa shape index (κ1) is 11.9. The Bertz CT molecular complexity index is 232. The van der Waals surface area contributed by atoms with Crippen LogP contribution in [0.3, 0.4) is 0 Å². The van der Waals surface area contributed by atoms with E-state index in [0.717, 1.165) is 19.0 Å². The van der Waals surface area contributed by atoms with Crippen LogP contribution < -0.4 is 5.32 Å². The molecule has 1 amide bonds. The second-order valence-corrected chi connectivity index (χ2v) is 5.40. The van der Waals surface area contributed by atoms with Crippen molar-refractivity contribution >= 4 is 5.91 Å². The Kier molecular flexibility index (Phi) is 4.22. The van der Waals surface area contributed by atoms with Crippen LogP contribution >= 0.6 is 0 Å². The molecule has 3 nitrogen and oxygen atoms in total. The monoisotopic (exact) mass is 224 g/mol. The van der Waals surface area contributed by atoms with Gasteiger partial charge in [-0.15, -0.1) is 0 Å². The van der Waals surface area contributed by atoms with Gasteiger partial charge in [-0.2, -0.15) is 0 Å². The third kappa shape index (κ3) is 3.21. The van der Waals surface area contributed by atoms with Crippen molar-refractivity contribution in [2.24, 2.45) is 5.92 Å². The molecule has 1 saturated heterocycles. The van der Waals surface area contributed by atoms with Gasteiger partial charge in [0.25, 0.3) is 0 Å². The molecule has 0 aromatic rings. The fourth-order valence-electron chi connectivity index (χ4n) is 2.58. The minimum absolute atomic E-state index is 0.318. The van der Waals surface area contributed by atoms with Crippen molar-refractivity contribution in [3.63, 3.8) is 0 Å². The van der Waals surface area contributed by atoms with Crippen LogP contribution in [0.5, 0.6) is 0 Å². The molecule has 0 aromatic carbocycles. The number of nitrogens with one attached hydrogen (secondary N) is 1. The summed E-state index contributed by atoms with van der Waals surface area (Å²) >= 11 is 0. The SMILES string of the molecule is CN(CCC1CCC1)C(=O)CC1CCCN1. The smallest absolute Gasteiger partial charge is 0.223 e. The number of amides is 1. The summed E-state index contributed by atoms with van der Waals surface area (Å²) in [6, 6.07) is 0.443. The second kappa shape index (κ2) is 5.67. The highest BCUT2D eigenvalue weighted by atomic mass is 16.2. The molecule has 2 aliphatic rings. The third-order valence-corrected chi connectivity index (χ3v) is 4.11. The molecule has 1 saturated carbocycles. The lowest BCUT2D eigenvalue weighted by molar-refractivity contribution is -0.130. The van der Waals surface area contributed by atoms with Crippen molar-refractivity contribution in [2.45, 2.75) is 51.0 Å². The molecule has 3 heteroatoms. The average molecular weight is 224 g/mol. The van der Waals surface area contributed by atoms with Gasteiger partial charge in [0.2, 0.25) is 5.91 Å². The van der Waals surface area contributed by atoms with Gasteiger partial charge in [0.05, 0.1) is 0 Å². The van der Waals surface area contributed by atoms with Crippen LogP contribution in [0, 0.1) is 5.92 Å². The lowest BCUT2D eigenvalue weighted by Crippen LogP contribution is -2.34. The van der Waals surface area contributed by atoms with Crippen molar-refractivity contribution in [3.05, 3.63) is 0 Å². The van der Waals surface area contributed by atoms with E-state index < -0.39 is 0 Å². The molecule has 92 valence electrons. The Morgan fingerprint density at radius 3 is 2.69 bits per heavy atom. The largest absolute Gasteiger partial charge is 0.346 e. The molecule has 1 heterocycles. The molecular weight excluding hydrogens is 200 g/mol. The van der Waals surface area contributed by atoms with E-state index in [1.807, 2.05) is 11.9 Å². The fourth-order valence-corrected chi connectivity index (χ4v) is 2.58. The van der Waals surface area contributed by atoms with Gasteiger partial charge in [-0.3, -0.25) is 4.79 Å². The lowest BCUT2D eigenvalue weighted by atomic mass is 9.83. The molecule has 2 fully saturated rings. The van der Waals surface area contributed by atoms with E-state index in [1.165, 1.54) is 38.5 Å². The number of rotatable bonds is 5. The zero-order chi connectivity index (χ0) is 11.4. The average Bonchev–Trinajstić information content (AvgIpc) is 2.67. The summed E-state index contributed by atoms with van der Waals surface area (Å²) in [5.74, 6) is 1.22. The first-order valence-corrected chi connectivity index (χ1v) is 6.73. The van der Waals surface area contributed by atoms with Gasteiger partial charge in [-0.1, -0.05) is 19.3 Å². The summed E-state index contributed by atoms with van der Waals surface area (Å²) in [4.78, 5) is 13.8. The predicted molar refractivity (Wildman–Crippen MR) is 65.2 cm³/mol. The first-order chi connectivity index (χ1) is 7.75. The number of nitrogens with zero attached hydrogens (tertiary/aromatic N) is 1. The van der Waals surface area contributed by atoms with Gasteiger partial charge in [0, 0.05) is 26.1 Å². The maximum absolute atomic E-state index is 11.9. The molecule has 0 bridgehead atoms. The lowest BCUT2D eigenvalue weighted by Gasteiger charge is -2.28. The van der Waals surface area contributed by atoms with E-state index in [4.69, 9.17) is 0 Å². The number of hydrogen-bond donors (Lipinski definition) is 1. The topological polar surface area (TPSA) is 32.3 Å². The second-order valence-electron chi connectivity index (χ2n) is 5.40. The Hall–Kier alpha value is -0.570. The molecule has 1 N–H and O–H groups in total. The van der Waals surface area contributed by atoms with Gasteiger partial charge in [0.1, 0.15) is 0 Å². The van der Waals surface area contributed by atoms with Crippen LogP contribution in [0.4, 0.5) is 0 Å². The van der Waals surface area contributed by atoms with E-state index in [1.54, 1.807) is 0 Å². The summed E-state index contributed by atoms with van der Waals surface area (Å²) in [5.41, 5.74) is 0. The number of carbonyl (C=O) groups excluding carboxylic acids is 1. The van der Waals surface area contributed by atoms with Crippen molar-refractivity contribution in [2.75, 3.05) is 20.1 Å². The molecular formula is C13H24N2O. The number of hydrogen-bond acceptors (Lipinski definition) is 2. The van der Waals surface area contributed by atoms with Crippen LogP contribution in [-0.2, 0) is 4.79 Å². The summed E-state index contributed by atoms with van der Waals surface area (Å²) in [6.45, 7) is 2.04. The molecule has 1 aliphatic carbocycles. The van der Waals surface area contributed by atoms with Crippen molar-refractivity contribution in [3.8, 4) is 0 Å². The Morgan fingerprint density at radius 1 is 1.31 bits per heavy atom. The van der Waals surface area contributed by atoms with Gasteiger partial charge in [-0.25, -0.2) is 0 Å². The van der Waals surface area contributed by atoms with E-state index in [-0.39, 0.29) is 0 Å². The highest BCUT2D eigenvalue weighted by Crippen LogP contribution is 2.29. The first-order valence-electron chi connectivity index (χ1n) is 6.73. The zero-order valence-electron chi connectivity index (χ0n) is 10.4. The maximum Gasteiger partial charge on any atom is 0.223 e. The Morgan fingerprint density at radius 2 is 2.12 bits per heavy atom. The molecule has 0 spiro atoms. The standard InChI is InChI=1S/C13H24N2O/c1-15(9-7-11-4-2-5-11)13(16)10-12-6-3-8-14-12/h11-12,14H,2-10H2,1H3. The van der Waals surface area contributed by atoms with Crippen LogP contribution in [0.2, 0.25) is 0 Å². The van der Waals surface area contributed by atoms with Crippen molar-refractivity contribution in [1.29, 1.82) is 0 Å². The highest BCUT2D eigenvalue weighted by Gasteiger charge is 2.21. The maximum atomic E-state index is 11.9. The van der Waals surface area contributed by atoms with Crippen LogP contribution in [-0.4, -0.2) is 37.0 Å². The summed E-state index contributed by atoms with van der Waals surface area (Å²) < 4.78 is 0. The molecule has 1 aliphatic heterocycles.